The summed E-state index contributed by atoms with van der Waals surface area (Å²) in [5.41, 5.74) is 2.96. The van der Waals surface area contributed by atoms with Gasteiger partial charge in [0, 0.05) is 32.3 Å². The highest BCUT2D eigenvalue weighted by molar-refractivity contribution is 5.91. The number of hydrogen-bond acceptors (Lipinski definition) is 8. The third kappa shape index (κ3) is 6.68. The molecule has 5 rings (SSSR count). The largest absolute Gasteiger partial charge is 0.475 e. The second-order valence-corrected chi connectivity index (χ2v) is 11.9. The van der Waals surface area contributed by atoms with E-state index in [-0.39, 0.29) is 36.7 Å². The van der Waals surface area contributed by atoms with Crippen LogP contribution in [0.15, 0.2) is 47.1 Å². The van der Waals surface area contributed by atoms with E-state index in [2.05, 4.69) is 20.9 Å². The molecule has 4 heterocycles. The fraction of sp³-hybridized carbons (Fsp3) is 0.548. The van der Waals surface area contributed by atoms with E-state index < -0.39 is 18.1 Å². The topological polar surface area (TPSA) is 135 Å². The van der Waals surface area contributed by atoms with Gasteiger partial charge < -0.3 is 29.9 Å². The Bertz CT molecular complexity index is 1350. The molecule has 3 aromatic rings. The highest BCUT2D eigenvalue weighted by atomic mass is 16.5. The van der Waals surface area contributed by atoms with Gasteiger partial charge in [-0.2, -0.15) is 5.10 Å². The molecule has 0 bridgehead atoms. The van der Waals surface area contributed by atoms with Gasteiger partial charge in [-0.05, 0) is 67.0 Å². The average Bonchev–Trinajstić information content (AvgIpc) is 3.72. The number of aromatic nitrogens is 3. The summed E-state index contributed by atoms with van der Waals surface area (Å²) in [6.07, 6.45) is 3.24. The van der Waals surface area contributed by atoms with Crippen molar-refractivity contribution < 1.29 is 24.0 Å². The number of nitrogens with zero attached hydrogens (tertiary/aromatic N) is 4. The number of β-amino-alcohol motifs (C(OH)–C–C–N with tert-alkyl or cyclic N) is 1. The number of nitrogens with one attached hydrogen (secondary N) is 2. The monoisotopic (exact) mass is 578 g/mol. The van der Waals surface area contributed by atoms with Crippen molar-refractivity contribution in [1.29, 1.82) is 0 Å². The van der Waals surface area contributed by atoms with Gasteiger partial charge in [0.25, 0.3) is 5.88 Å². The number of ether oxygens (including phenoxy) is 1. The molecule has 0 spiro atoms. The summed E-state index contributed by atoms with van der Waals surface area (Å²) >= 11 is 0. The Kier molecular flexibility index (Phi) is 9.27. The highest BCUT2D eigenvalue weighted by Gasteiger charge is 2.43. The van der Waals surface area contributed by atoms with Crippen molar-refractivity contribution >= 4 is 11.8 Å². The van der Waals surface area contributed by atoms with Gasteiger partial charge in [-0.3, -0.25) is 14.3 Å². The SMILES string of the molecule is CC(C)[C@@H](C(=O)N1C[C@H](O)C[C@H]1C(=O)N[C@@H](C)c1ccc(-c2ccnn2C)cc1)c1cc(OCC2CCNCC2)no1. The molecule has 2 fully saturated rings. The first kappa shape index (κ1) is 29.8. The lowest BCUT2D eigenvalue weighted by Gasteiger charge is -2.29. The summed E-state index contributed by atoms with van der Waals surface area (Å²) in [7, 11) is 1.89. The number of amides is 2. The highest BCUT2D eigenvalue weighted by Crippen LogP contribution is 2.33. The molecule has 2 aromatic heterocycles. The Morgan fingerprint density at radius 3 is 2.57 bits per heavy atom. The number of hydrogen-bond donors (Lipinski definition) is 3. The van der Waals surface area contributed by atoms with Gasteiger partial charge >= 0.3 is 0 Å². The van der Waals surface area contributed by atoms with Crippen LogP contribution < -0.4 is 15.4 Å². The Labute approximate surface area is 246 Å². The van der Waals surface area contributed by atoms with Crippen LogP contribution in [0.5, 0.6) is 5.88 Å². The first-order valence-corrected chi connectivity index (χ1v) is 14.9. The number of piperidine rings is 1. The van der Waals surface area contributed by atoms with Crippen molar-refractivity contribution in [2.24, 2.45) is 18.9 Å². The van der Waals surface area contributed by atoms with Crippen LogP contribution in [0.3, 0.4) is 0 Å². The second kappa shape index (κ2) is 13.1. The molecule has 11 heteroatoms. The summed E-state index contributed by atoms with van der Waals surface area (Å²) < 4.78 is 13.3. The molecular formula is C31H42N6O5. The zero-order valence-electron chi connectivity index (χ0n) is 24.8. The van der Waals surface area contributed by atoms with E-state index >= 15 is 0 Å². The van der Waals surface area contributed by atoms with Gasteiger partial charge in [0.15, 0.2) is 5.76 Å². The molecule has 4 atom stereocenters. The maximum atomic E-state index is 13.9. The lowest BCUT2D eigenvalue weighted by Crippen LogP contribution is -2.48. The normalized spacial score (nSPS) is 21.0. The zero-order chi connectivity index (χ0) is 29.8. The number of benzene rings is 1. The predicted octanol–water partition coefficient (Wildman–Crippen LogP) is 3.03. The maximum absolute atomic E-state index is 13.9. The van der Waals surface area contributed by atoms with E-state index in [1.54, 1.807) is 12.3 Å². The van der Waals surface area contributed by atoms with Crippen molar-refractivity contribution in [3.8, 4) is 17.1 Å². The number of carbonyl (C=O) groups excluding carboxylic acids is 2. The minimum absolute atomic E-state index is 0.0845. The van der Waals surface area contributed by atoms with E-state index in [9.17, 15) is 14.7 Å². The van der Waals surface area contributed by atoms with Crippen molar-refractivity contribution in [3.63, 3.8) is 0 Å². The van der Waals surface area contributed by atoms with E-state index in [1.807, 2.05) is 62.8 Å². The Hall–Kier alpha value is -3.70. The molecule has 0 saturated carbocycles. The maximum Gasteiger partial charge on any atom is 0.254 e. The molecule has 226 valence electrons. The summed E-state index contributed by atoms with van der Waals surface area (Å²) in [6, 6.07) is 10.5. The van der Waals surface area contributed by atoms with Gasteiger partial charge in [0.1, 0.15) is 12.0 Å². The average molecular weight is 579 g/mol. The van der Waals surface area contributed by atoms with Crippen molar-refractivity contribution in [2.45, 2.75) is 64.1 Å². The molecule has 42 heavy (non-hydrogen) atoms. The first-order valence-electron chi connectivity index (χ1n) is 14.9. The summed E-state index contributed by atoms with van der Waals surface area (Å²) in [6.45, 7) is 8.37. The Balaban J connectivity index is 1.24. The molecule has 3 N–H and O–H groups in total. The fourth-order valence-corrected chi connectivity index (χ4v) is 5.95. The van der Waals surface area contributed by atoms with Crippen molar-refractivity contribution in [2.75, 3.05) is 26.2 Å². The molecule has 2 aliphatic rings. The van der Waals surface area contributed by atoms with Crippen molar-refractivity contribution in [1.82, 2.24) is 30.5 Å². The standard InChI is InChI=1S/C31H42N6O5/c1-19(2)29(27-16-28(35-42-27)41-18-21-9-12-32-13-10-21)31(40)37-17-24(38)15-26(37)30(39)34-20(3)22-5-7-23(8-6-22)25-11-14-33-36(25)4/h5-8,11,14,16,19-21,24,26,29,32,38H,9-10,12-13,15,17-18H2,1-4H3,(H,34,39)/t20-,24+,26-,29+/m0/s1. The molecule has 2 amide bonds. The second-order valence-electron chi connectivity index (χ2n) is 11.9. The first-order chi connectivity index (χ1) is 20.2. The van der Waals surface area contributed by atoms with Crippen LogP contribution in [0.4, 0.5) is 0 Å². The van der Waals surface area contributed by atoms with Crippen LogP contribution in [-0.2, 0) is 16.6 Å². The van der Waals surface area contributed by atoms with Crippen LogP contribution in [-0.4, -0.2) is 75.1 Å². The lowest BCUT2D eigenvalue weighted by atomic mass is 9.91. The molecule has 0 unspecified atom stereocenters. The van der Waals surface area contributed by atoms with Gasteiger partial charge in [-0.25, -0.2) is 0 Å². The number of likely N-dealkylation sites (tertiary alicyclic amines) is 1. The van der Waals surface area contributed by atoms with Gasteiger partial charge in [0.2, 0.25) is 11.8 Å². The molecule has 11 nitrogen and oxygen atoms in total. The van der Waals surface area contributed by atoms with E-state index in [0.29, 0.717) is 24.2 Å². The number of aryl methyl sites for hydroxylation is 1. The van der Waals surface area contributed by atoms with Crippen LogP contribution >= 0.6 is 0 Å². The summed E-state index contributed by atoms with van der Waals surface area (Å²) in [5.74, 6) is -0.128. The minimum atomic E-state index is -0.788. The van der Waals surface area contributed by atoms with E-state index in [0.717, 1.165) is 42.8 Å². The Morgan fingerprint density at radius 2 is 1.90 bits per heavy atom. The zero-order valence-corrected chi connectivity index (χ0v) is 24.8. The van der Waals surface area contributed by atoms with Gasteiger partial charge in [-0.15, -0.1) is 0 Å². The number of rotatable bonds is 10. The molecule has 1 aromatic carbocycles. The van der Waals surface area contributed by atoms with Crippen LogP contribution in [0, 0.1) is 11.8 Å². The molecule has 2 saturated heterocycles. The molecule has 2 aliphatic heterocycles. The number of aliphatic hydroxyl groups excluding tert-OH is 1. The third-order valence-electron chi connectivity index (χ3n) is 8.42. The van der Waals surface area contributed by atoms with Gasteiger partial charge in [0.05, 0.1) is 24.4 Å². The number of carbonyl (C=O) groups is 2. The lowest BCUT2D eigenvalue weighted by molar-refractivity contribution is -0.141. The van der Waals surface area contributed by atoms with Crippen LogP contribution in [0.1, 0.15) is 63.3 Å². The summed E-state index contributed by atoms with van der Waals surface area (Å²) in [5, 5.41) is 25.2. The molecule has 0 aliphatic carbocycles. The molecular weight excluding hydrogens is 536 g/mol. The summed E-state index contributed by atoms with van der Waals surface area (Å²) in [4.78, 5) is 28.8. The number of aliphatic hydroxyl groups is 1. The quantitative estimate of drug-likeness (QED) is 0.334. The Morgan fingerprint density at radius 1 is 1.17 bits per heavy atom. The van der Waals surface area contributed by atoms with E-state index in [1.165, 1.54) is 4.90 Å². The third-order valence-corrected chi connectivity index (χ3v) is 8.42. The fourth-order valence-electron chi connectivity index (χ4n) is 5.95. The minimum Gasteiger partial charge on any atom is -0.475 e. The van der Waals surface area contributed by atoms with Gasteiger partial charge in [-0.1, -0.05) is 38.1 Å². The van der Waals surface area contributed by atoms with E-state index in [4.69, 9.17) is 9.26 Å². The molecule has 0 radical (unpaired) electrons. The van der Waals surface area contributed by atoms with Crippen LogP contribution in [0.25, 0.3) is 11.3 Å². The van der Waals surface area contributed by atoms with Crippen LogP contribution in [0.2, 0.25) is 0 Å². The smallest absolute Gasteiger partial charge is 0.254 e. The van der Waals surface area contributed by atoms with Crippen molar-refractivity contribution in [3.05, 3.63) is 53.9 Å². The predicted molar refractivity (Wildman–Crippen MR) is 156 cm³/mol.